The zero-order valence-corrected chi connectivity index (χ0v) is 12.7. The fourth-order valence-corrected chi connectivity index (χ4v) is 1.55. The molecular formula is C20H22O. The first-order valence-electron chi connectivity index (χ1n) is 7.16. The van der Waals surface area contributed by atoms with Gasteiger partial charge in [-0.25, -0.2) is 0 Å². The predicted molar refractivity (Wildman–Crippen MR) is 92.0 cm³/mol. The van der Waals surface area contributed by atoms with Gasteiger partial charge in [0, 0.05) is 6.42 Å². The lowest BCUT2D eigenvalue weighted by molar-refractivity contribution is -0.114. The molecule has 1 aromatic carbocycles. The fraction of sp³-hybridized carbons (Fsp3) is 0.150. The second-order valence-electron chi connectivity index (χ2n) is 4.60. The molecule has 0 aliphatic heterocycles. The van der Waals surface area contributed by atoms with E-state index < -0.39 is 0 Å². The molecule has 0 aliphatic carbocycles. The van der Waals surface area contributed by atoms with Crippen LogP contribution in [-0.4, -0.2) is 5.78 Å². The highest BCUT2D eigenvalue weighted by Gasteiger charge is 1.86. The molecular weight excluding hydrogens is 256 g/mol. The topological polar surface area (TPSA) is 17.1 Å². The Labute approximate surface area is 127 Å². The molecule has 0 spiro atoms. The van der Waals surface area contributed by atoms with E-state index in [2.05, 4.69) is 18.2 Å². The van der Waals surface area contributed by atoms with Gasteiger partial charge in [0.25, 0.3) is 0 Å². The van der Waals surface area contributed by atoms with Crippen molar-refractivity contribution < 1.29 is 4.79 Å². The van der Waals surface area contributed by atoms with Crippen molar-refractivity contribution >= 4 is 11.9 Å². The number of hydrogen-bond donors (Lipinski definition) is 0. The maximum Gasteiger partial charge on any atom is 0.155 e. The van der Waals surface area contributed by atoms with Gasteiger partial charge in [-0.15, -0.1) is 0 Å². The first kappa shape index (κ1) is 16.6. The highest BCUT2D eigenvalue weighted by atomic mass is 16.1. The van der Waals surface area contributed by atoms with Crippen LogP contribution in [0.5, 0.6) is 0 Å². The molecule has 0 saturated carbocycles. The molecule has 0 aromatic heterocycles. The Balaban J connectivity index is 2.43. The lowest BCUT2D eigenvalue weighted by atomic mass is 10.2. The van der Waals surface area contributed by atoms with Crippen molar-refractivity contribution in [3.63, 3.8) is 0 Å². The van der Waals surface area contributed by atoms with E-state index in [-0.39, 0.29) is 5.78 Å². The molecule has 1 nitrogen and oxygen atoms in total. The quantitative estimate of drug-likeness (QED) is 0.489. The Morgan fingerprint density at radius 3 is 2.38 bits per heavy atom. The molecule has 0 unspecified atom stereocenters. The number of hydrogen-bond acceptors (Lipinski definition) is 1. The van der Waals surface area contributed by atoms with Crippen LogP contribution in [-0.2, 0) is 4.79 Å². The summed E-state index contributed by atoms with van der Waals surface area (Å²) in [6.07, 6.45) is 17.9. The highest BCUT2D eigenvalue weighted by Crippen LogP contribution is 2.01. The van der Waals surface area contributed by atoms with E-state index in [1.807, 2.05) is 68.5 Å². The Morgan fingerprint density at radius 1 is 0.952 bits per heavy atom. The number of carbonyl (C=O) groups is 1. The molecule has 0 N–H and O–H groups in total. The molecule has 0 heterocycles. The van der Waals surface area contributed by atoms with Crippen LogP contribution in [0.25, 0.3) is 6.08 Å². The normalized spacial score (nSPS) is 13.1. The molecule has 108 valence electrons. The van der Waals surface area contributed by atoms with Gasteiger partial charge in [0.2, 0.25) is 0 Å². The van der Waals surface area contributed by atoms with Gasteiger partial charge >= 0.3 is 0 Å². The van der Waals surface area contributed by atoms with E-state index >= 15 is 0 Å². The van der Waals surface area contributed by atoms with Gasteiger partial charge in [0.05, 0.1) is 0 Å². The second-order valence-corrected chi connectivity index (χ2v) is 4.60. The molecule has 1 aromatic rings. The molecule has 0 radical (unpaired) electrons. The van der Waals surface area contributed by atoms with Crippen LogP contribution in [0.15, 0.2) is 84.5 Å². The van der Waals surface area contributed by atoms with Gasteiger partial charge in [-0.3, -0.25) is 4.79 Å². The number of rotatable bonds is 7. The number of ketones is 1. The molecule has 21 heavy (non-hydrogen) atoms. The first-order valence-corrected chi connectivity index (χ1v) is 7.16. The Morgan fingerprint density at radius 2 is 1.67 bits per heavy atom. The molecule has 0 atom stereocenters. The number of allylic oxidation sites excluding steroid dienone is 9. The molecule has 0 fully saturated rings. The summed E-state index contributed by atoms with van der Waals surface area (Å²) in [5.41, 5.74) is 2.32. The first-order chi connectivity index (χ1) is 10.2. The lowest BCUT2D eigenvalue weighted by Crippen LogP contribution is -1.85. The second kappa shape index (κ2) is 10.4. The van der Waals surface area contributed by atoms with Crippen molar-refractivity contribution in [2.45, 2.75) is 20.3 Å². The van der Waals surface area contributed by atoms with Gasteiger partial charge in [-0.1, -0.05) is 91.4 Å². The summed E-state index contributed by atoms with van der Waals surface area (Å²) >= 11 is 0. The van der Waals surface area contributed by atoms with Crippen LogP contribution < -0.4 is 0 Å². The summed E-state index contributed by atoms with van der Waals surface area (Å²) < 4.78 is 0. The largest absolute Gasteiger partial charge is 0.295 e. The van der Waals surface area contributed by atoms with Crippen LogP contribution in [0.3, 0.4) is 0 Å². The third-order valence-electron chi connectivity index (χ3n) is 2.77. The van der Waals surface area contributed by atoms with E-state index in [4.69, 9.17) is 0 Å². The van der Waals surface area contributed by atoms with Crippen LogP contribution in [0.1, 0.15) is 25.8 Å². The minimum absolute atomic E-state index is 0.146. The van der Waals surface area contributed by atoms with Gasteiger partial charge in [0.1, 0.15) is 0 Å². The average Bonchev–Trinajstić information content (AvgIpc) is 2.52. The zero-order valence-electron chi connectivity index (χ0n) is 12.7. The van der Waals surface area contributed by atoms with E-state index in [9.17, 15) is 4.79 Å². The SMILES string of the molecule is CCC(=O)C=CC=CC(C)=CC=CC=Cc1ccccc1. The van der Waals surface area contributed by atoms with E-state index in [0.717, 1.165) is 5.57 Å². The van der Waals surface area contributed by atoms with Gasteiger partial charge in [-0.05, 0) is 18.6 Å². The summed E-state index contributed by atoms with van der Waals surface area (Å²) in [7, 11) is 0. The minimum Gasteiger partial charge on any atom is -0.295 e. The summed E-state index contributed by atoms with van der Waals surface area (Å²) in [5, 5.41) is 0. The van der Waals surface area contributed by atoms with Crippen molar-refractivity contribution in [2.75, 3.05) is 0 Å². The third kappa shape index (κ3) is 8.38. The van der Waals surface area contributed by atoms with Crippen LogP contribution in [0.2, 0.25) is 0 Å². The average molecular weight is 278 g/mol. The van der Waals surface area contributed by atoms with Crippen molar-refractivity contribution in [1.29, 1.82) is 0 Å². The molecule has 1 heteroatoms. The summed E-state index contributed by atoms with van der Waals surface area (Å²) in [6, 6.07) is 10.2. The number of carbonyl (C=O) groups excluding carboxylic acids is 1. The molecule has 0 amide bonds. The fourth-order valence-electron chi connectivity index (χ4n) is 1.55. The lowest BCUT2D eigenvalue weighted by Gasteiger charge is -1.88. The Hall–Kier alpha value is -2.41. The van der Waals surface area contributed by atoms with Crippen molar-refractivity contribution in [1.82, 2.24) is 0 Å². The van der Waals surface area contributed by atoms with E-state index in [1.54, 1.807) is 12.2 Å². The maximum atomic E-state index is 11.1. The van der Waals surface area contributed by atoms with Crippen molar-refractivity contribution in [2.24, 2.45) is 0 Å². The summed E-state index contributed by atoms with van der Waals surface area (Å²) in [4.78, 5) is 11.1. The summed E-state index contributed by atoms with van der Waals surface area (Å²) in [5.74, 6) is 0.146. The molecule has 0 bridgehead atoms. The molecule has 1 rings (SSSR count). The molecule has 0 saturated heterocycles. The van der Waals surface area contributed by atoms with E-state index in [0.29, 0.717) is 6.42 Å². The Bertz CT molecular complexity index is 569. The third-order valence-corrected chi connectivity index (χ3v) is 2.77. The van der Waals surface area contributed by atoms with Crippen molar-refractivity contribution in [3.8, 4) is 0 Å². The zero-order chi connectivity index (χ0) is 15.3. The van der Waals surface area contributed by atoms with Crippen molar-refractivity contribution in [3.05, 3.63) is 90.1 Å². The van der Waals surface area contributed by atoms with Gasteiger partial charge < -0.3 is 0 Å². The van der Waals surface area contributed by atoms with Crippen LogP contribution >= 0.6 is 0 Å². The van der Waals surface area contributed by atoms with E-state index in [1.165, 1.54) is 5.56 Å². The predicted octanol–water partition coefficient (Wildman–Crippen LogP) is 5.29. The number of benzene rings is 1. The maximum absolute atomic E-state index is 11.1. The summed E-state index contributed by atoms with van der Waals surface area (Å²) in [6.45, 7) is 3.88. The minimum atomic E-state index is 0.146. The highest BCUT2D eigenvalue weighted by molar-refractivity contribution is 5.89. The standard InChI is InChI=1S/C20H22O/c1-3-20(21)17-11-10-13-18(2)12-6-4-7-14-19-15-8-5-9-16-19/h4-17H,3H2,1-2H3. The molecule has 0 aliphatic rings. The Kier molecular flexibility index (Phi) is 8.23. The van der Waals surface area contributed by atoms with Gasteiger partial charge in [0.15, 0.2) is 5.78 Å². The van der Waals surface area contributed by atoms with Gasteiger partial charge in [-0.2, -0.15) is 0 Å². The monoisotopic (exact) mass is 278 g/mol. The van der Waals surface area contributed by atoms with Crippen LogP contribution in [0.4, 0.5) is 0 Å². The smallest absolute Gasteiger partial charge is 0.155 e. The van der Waals surface area contributed by atoms with Crippen LogP contribution in [0, 0.1) is 0 Å².